The van der Waals surface area contributed by atoms with Crippen LogP contribution in [0.1, 0.15) is 36.5 Å². The van der Waals surface area contributed by atoms with E-state index in [1.807, 2.05) is 6.92 Å². The maximum Gasteiger partial charge on any atom is 0.195 e. The van der Waals surface area contributed by atoms with E-state index in [1.54, 1.807) is 0 Å². The van der Waals surface area contributed by atoms with Gasteiger partial charge >= 0.3 is 0 Å². The highest BCUT2D eigenvalue weighted by atomic mass is 19.2. The minimum absolute atomic E-state index is 0.345. The Morgan fingerprint density at radius 1 is 1.21 bits per heavy atom. The third kappa shape index (κ3) is 2.39. The Labute approximate surface area is 110 Å². The molecule has 104 valence electrons. The molecule has 2 rings (SSSR count). The minimum atomic E-state index is -1.58. The molecular weight excluding hydrogens is 255 g/mol. The van der Waals surface area contributed by atoms with Crippen molar-refractivity contribution in [1.29, 1.82) is 0 Å². The van der Waals surface area contributed by atoms with Gasteiger partial charge in [-0.25, -0.2) is 13.2 Å². The van der Waals surface area contributed by atoms with E-state index in [0.29, 0.717) is 32.4 Å². The van der Waals surface area contributed by atoms with Crippen LogP contribution in [0.3, 0.4) is 0 Å². The number of piperidine rings is 1. The monoisotopic (exact) mass is 271 g/mol. The van der Waals surface area contributed by atoms with Gasteiger partial charge in [0.15, 0.2) is 23.2 Å². The minimum Gasteiger partial charge on any atom is -0.317 e. The third-order valence-corrected chi connectivity index (χ3v) is 4.00. The third-order valence-electron chi connectivity index (χ3n) is 4.00. The first-order valence-electron chi connectivity index (χ1n) is 6.41. The van der Waals surface area contributed by atoms with Crippen LogP contribution in [0.4, 0.5) is 13.2 Å². The van der Waals surface area contributed by atoms with Crippen molar-refractivity contribution in [3.8, 4) is 0 Å². The molecule has 1 saturated heterocycles. The molecule has 1 aliphatic rings. The summed E-state index contributed by atoms with van der Waals surface area (Å²) in [5, 5.41) is 3.14. The molecule has 1 N–H and O–H groups in total. The molecule has 0 amide bonds. The summed E-state index contributed by atoms with van der Waals surface area (Å²) >= 11 is 0. The second-order valence-corrected chi connectivity index (χ2v) is 4.94. The first-order chi connectivity index (χ1) is 9.02. The molecule has 5 heteroatoms. The van der Waals surface area contributed by atoms with Crippen LogP contribution in [0.25, 0.3) is 0 Å². The number of benzene rings is 1. The largest absolute Gasteiger partial charge is 0.317 e. The Morgan fingerprint density at radius 2 is 1.84 bits per heavy atom. The lowest BCUT2D eigenvalue weighted by Gasteiger charge is -2.35. The number of halogens is 3. The molecule has 0 bridgehead atoms. The molecule has 0 spiro atoms. The van der Waals surface area contributed by atoms with E-state index in [1.165, 1.54) is 0 Å². The normalized spacial score (nSPS) is 18.3. The summed E-state index contributed by atoms with van der Waals surface area (Å²) in [6.07, 6.45) is 1.73. The summed E-state index contributed by atoms with van der Waals surface area (Å²) in [4.78, 5) is 12.5. The number of ketones is 1. The van der Waals surface area contributed by atoms with Gasteiger partial charge in [-0.05, 0) is 44.5 Å². The zero-order valence-electron chi connectivity index (χ0n) is 10.7. The summed E-state index contributed by atoms with van der Waals surface area (Å²) in [6, 6.07) is 1.84. The topological polar surface area (TPSA) is 29.1 Å². The smallest absolute Gasteiger partial charge is 0.195 e. The predicted molar refractivity (Wildman–Crippen MR) is 65.5 cm³/mol. The van der Waals surface area contributed by atoms with Crippen molar-refractivity contribution < 1.29 is 18.0 Å². The van der Waals surface area contributed by atoms with Gasteiger partial charge in [-0.2, -0.15) is 0 Å². The van der Waals surface area contributed by atoms with Crippen LogP contribution in [-0.2, 0) is 0 Å². The lowest BCUT2D eigenvalue weighted by atomic mass is 9.71. The van der Waals surface area contributed by atoms with Crippen LogP contribution in [-0.4, -0.2) is 18.9 Å². The quantitative estimate of drug-likeness (QED) is 0.676. The van der Waals surface area contributed by atoms with Gasteiger partial charge in [0.05, 0.1) is 5.56 Å². The molecule has 1 fully saturated rings. The zero-order valence-corrected chi connectivity index (χ0v) is 10.7. The molecule has 19 heavy (non-hydrogen) atoms. The molecule has 2 nitrogen and oxygen atoms in total. The van der Waals surface area contributed by atoms with Crippen molar-refractivity contribution in [3.63, 3.8) is 0 Å². The zero-order chi connectivity index (χ0) is 14.0. The summed E-state index contributed by atoms with van der Waals surface area (Å²) in [5.74, 6) is -4.65. The molecule has 0 atom stereocenters. The van der Waals surface area contributed by atoms with Crippen LogP contribution in [0.2, 0.25) is 0 Å². The number of rotatable bonds is 3. The number of carbonyl (C=O) groups excluding carboxylic acids is 1. The van der Waals surface area contributed by atoms with E-state index in [2.05, 4.69) is 5.32 Å². The van der Waals surface area contributed by atoms with Crippen molar-refractivity contribution in [2.45, 2.75) is 26.2 Å². The second kappa shape index (κ2) is 5.33. The van der Waals surface area contributed by atoms with Crippen LogP contribution in [0.5, 0.6) is 0 Å². The number of hydrogen-bond acceptors (Lipinski definition) is 2. The summed E-state index contributed by atoms with van der Waals surface area (Å²) < 4.78 is 39.9. The fourth-order valence-electron chi connectivity index (χ4n) is 2.63. The Bertz CT molecular complexity index is 496. The Kier molecular flexibility index (Phi) is 3.94. The van der Waals surface area contributed by atoms with Crippen LogP contribution in [0, 0.1) is 22.9 Å². The number of nitrogens with one attached hydrogen (secondary N) is 1. The average Bonchev–Trinajstić information content (AvgIpc) is 2.45. The molecule has 1 aliphatic heterocycles. The van der Waals surface area contributed by atoms with E-state index in [9.17, 15) is 18.0 Å². The van der Waals surface area contributed by atoms with Gasteiger partial charge in [-0.3, -0.25) is 4.79 Å². The summed E-state index contributed by atoms with van der Waals surface area (Å²) in [5.41, 5.74) is -1.02. The van der Waals surface area contributed by atoms with Crippen molar-refractivity contribution in [1.82, 2.24) is 5.32 Å². The lowest BCUT2D eigenvalue weighted by molar-refractivity contribution is 0.0711. The van der Waals surface area contributed by atoms with Crippen LogP contribution >= 0.6 is 0 Å². The highest BCUT2D eigenvalue weighted by Crippen LogP contribution is 2.37. The maximum absolute atomic E-state index is 13.7. The first-order valence-corrected chi connectivity index (χ1v) is 6.41. The van der Waals surface area contributed by atoms with E-state index in [-0.39, 0.29) is 5.56 Å². The number of carbonyl (C=O) groups is 1. The van der Waals surface area contributed by atoms with Gasteiger partial charge in [0.25, 0.3) is 0 Å². The Hall–Kier alpha value is -1.36. The molecule has 0 saturated carbocycles. The fraction of sp³-hybridized carbons (Fsp3) is 0.500. The van der Waals surface area contributed by atoms with E-state index in [4.69, 9.17) is 0 Å². The molecule has 0 radical (unpaired) electrons. The fourth-order valence-corrected chi connectivity index (χ4v) is 2.63. The average molecular weight is 271 g/mol. The molecule has 0 unspecified atom stereocenters. The molecule has 1 aromatic rings. The van der Waals surface area contributed by atoms with Crippen LogP contribution in [0.15, 0.2) is 12.1 Å². The van der Waals surface area contributed by atoms with Gasteiger partial charge in [-0.1, -0.05) is 6.92 Å². The van der Waals surface area contributed by atoms with Gasteiger partial charge in [0, 0.05) is 5.41 Å². The van der Waals surface area contributed by atoms with Crippen LogP contribution < -0.4 is 5.32 Å². The van der Waals surface area contributed by atoms with E-state index in [0.717, 1.165) is 12.1 Å². The van der Waals surface area contributed by atoms with E-state index >= 15 is 0 Å². The number of hydrogen-bond donors (Lipinski definition) is 1. The standard InChI is InChI=1S/C14H16F3NO/c1-2-14(5-7-18-8-6-14)13(19)9-3-4-10(15)12(17)11(9)16/h3-4,18H,2,5-8H2,1H3. The lowest BCUT2D eigenvalue weighted by Crippen LogP contribution is -2.42. The molecular formula is C14H16F3NO. The Balaban J connectivity index is 2.40. The number of Topliss-reactive ketones (excluding diaryl/α,β-unsaturated/α-hetero) is 1. The van der Waals surface area contributed by atoms with E-state index < -0.39 is 28.6 Å². The summed E-state index contributed by atoms with van der Waals surface area (Å²) in [6.45, 7) is 3.21. The maximum atomic E-state index is 13.7. The molecule has 1 heterocycles. The summed E-state index contributed by atoms with van der Waals surface area (Å²) in [7, 11) is 0. The van der Waals surface area contributed by atoms with Crippen molar-refractivity contribution in [3.05, 3.63) is 35.1 Å². The van der Waals surface area contributed by atoms with Gasteiger partial charge in [0.2, 0.25) is 0 Å². The highest BCUT2D eigenvalue weighted by molar-refractivity contribution is 6.00. The van der Waals surface area contributed by atoms with Gasteiger partial charge in [0.1, 0.15) is 0 Å². The molecule has 0 aromatic heterocycles. The van der Waals surface area contributed by atoms with Crippen molar-refractivity contribution >= 4 is 5.78 Å². The van der Waals surface area contributed by atoms with Crippen molar-refractivity contribution in [2.75, 3.05) is 13.1 Å². The predicted octanol–water partition coefficient (Wildman–Crippen LogP) is 3.07. The molecule has 1 aromatic carbocycles. The second-order valence-electron chi connectivity index (χ2n) is 4.94. The Morgan fingerprint density at radius 3 is 2.42 bits per heavy atom. The SMILES string of the molecule is CCC1(C(=O)c2ccc(F)c(F)c2F)CCNCC1. The highest BCUT2D eigenvalue weighted by Gasteiger charge is 2.39. The van der Waals surface area contributed by atoms with Gasteiger partial charge in [-0.15, -0.1) is 0 Å². The molecule has 0 aliphatic carbocycles. The van der Waals surface area contributed by atoms with Gasteiger partial charge < -0.3 is 5.32 Å². The first kappa shape index (κ1) is 14.1. The van der Waals surface area contributed by atoms with Crippen molar-refractivity contribution in [2.24, 2.45) is 5.41 Å².